The van der Waals surface area contributed by atoms with Crippen molar-refractivity contribution >= 4 is 17.4 Å². The molecule has 22 heavy (non-hydrogen) atoms. The van der Waals surface area contributed by atoms with Crippen LogP contribution in [-0.2, 0) is 0 Å². The van der Waals surface area contributed by atoms with Crippen LogP contribution in [0, 0.1) is 6.92 Å². The molecule has 0 unspecified atom stereocenters. The van der Waals surface area contributed by atoms with E-state index in [4.69, 9.17) is 0 Å². The minimum Gasteiger partial charge on any atom is -0.339 e. The second-order valence-electron chi connectivity index (χ2n) is 5.31. The van der Waals surface area contributed by atoms with Gasteiger partial charge < -0.3 is 15.5 Å². The van der Waals surface area contributed by atoms with Gasteiger partial charge >= 0.3 is 0 Å². The van der Waals surface area contributed by atoms with Gasteiger partial charge in [-0.2, -0.15) is 5.10 Å². The highest BCUT2D eigenvalue weighted by Gasteiger charge is 2.17. The standard InChI is InChI=1S/C16H19N5O/c1-12-5-6-15(20-19-12)18-14-4-2-3-13(11-14)16(22)21-9-7-17-8-10-21/h2-6,11,17H,7-10H2,1H3,(H,18,20). The Balaban J connectivity index is 1.74. The van der Waals surface area contributed by atoms with E-state index >= 15 is 0 Å². The number of hydrogen-bond donors (Lipinski definition) is 2. The summed E-state index contributed by atoms with van der Waals surface area (Å²) >= 11 is 0. The number of carbonyl (C=O) groups is 1. The molecule has 0 atom stereocenters. The number of piperazine rings is 1. The van der Waals surface area contributed by atoms with E-state index in [-0.39, 0.29) is 5.91 Å². The molecule has 0 bridgehead atoms. The number of amides is 1. The molecule has 2 N–H and O–H groups in total. The minimum atomic E-state index is 0.0696. The predicted molar refractivity (Wildman–Crippen MR) is 85.3 cm³/mol. The normalized spacial score (nSPS) is 14.7. The van der Waals surface area contributed by atoms with Crippen molar-refractivity contribution in [2.24, 2.45) is 0 Å². The molecule has 1 aromatic carbocycles. The van der Waals surface area contributed by atoms with Crippen molar-refractivity contribution in [3.63, 3.8) is 0 Å². The lowest BCUT2D eigenvalue weighted by molar-refractivity contribution is 0.0736. The average Bonchev–Trinajstić information content (AvgIpc) is 2.57. The molecule has 1 amide bonds. The maximum absolute atomic E-state index is 12.5. The molecule has 114 valence electrons. The fourth-order valence-electron chi connectivity index (χ4n) is 2.39. The zero-order chi connectivity index (χ0) is 15.4. The van der Waals surface area contributed by atoms with Crippen molar-refractivity contribution in [1.29, 1.82) is 0 Å². The Hall–Kier alpha value is -2.47. The van der Waals surface area contributed by atoms with Gasteiger partial charge in [-0.05, 0) is 37.3 Å². The van der Waals surface area contributed by atoms with Crippen LogP contribution >= 0.6 is 0 Å². The van der Waals surface area contributed by atoms with Crippen LogP contribution in [0.5, 0.6) is 0 Å². The molecular weight excluding hydrogens is 278 g/mol. The Bertz CT molecular complexity index is 650. The third-order valence-corrected chi connectivity index (χ3v) is 3.58. The van der Waals surface area contributed by atoms with Gasteiger partial charge in [0.05, 0.1) is 5.69 Å². The van der Waals surface area contributed by atoms with Crippen molar-refractivity contribution in [2.75, 3.05) is 31.5 Å². The van der Waals surface area contributed by atoms with Crippen molar-refractivity contribution in [3.8, 4) is 0 Å². The molecule has 2 aromatic rings. The molecule has 3 rings (SSSR count). The monoisotopic (exact) mass is 297 g/mol. The van der Waals surface area contributed by atoms with Gasteiger partial charge in [-0.25, -0.2) is 0 Å². The van der Waals surface area contributed by atoms with E-state index in [1.165, 1.54) is 0 Å². The zero-order valence-corrected chi connectivity index (χ0v) is 12.5. The van der Waals surface area contributed by atoms with E-state index in [1.807, 2.05) is 48.2 Å². The summed E-state index contributed by atoms with van der Waals surface area (Å²) < 4.78 is 0. The molecule has 0 aliphatic carbocycles. The molecule has 1 fully saturated rings. The summed E-state index contributed by atoms with van der Waals surface area (Å²) in [6.45, 7) is 5.09. The Labute approximate surface area is 129 Å². The second-order valence-corrected chi connectivity index (χ2v) is 5.31. The highest BCUT2D eigenvalue weighted by atomic mass is 16.2. The van der Waals surface area contributed by atoms with Gasteiger partial charge in [0, 0.05) is 37.4 Å². The molecule has 0 saturated carbocycles. The van der Waals surface area contributed by atoms with E-state index in [0.29, 0.717) is 11.4 Å². The van der Waals surface area contributed by atoms with Gasteiger partial charge in [0.25, 0.3) is 5.91 Å². The molecule has 1 aliphatic heterocycles. The summed E-state index contributed by atoms with van der Waals surface area (Å²) in [7, 11) is 0. The van der Waals surface area contributed by atoms with Crippen LogP contribution in [0.2, 0.25) is 0 Å². The number of carbonyl (C=O) groups excluding carboxylic acids is 1. The van der Waals surface area contributed by atoms with Gasteiger partial charge in [0.1, 0.15) is 0 Å². The molecule has 1 saturated heterocycles. The molecule has 6 heteroatoms. The largest absolute Gasteiger partial charge is 0.339 e. The fourth-order valence-corrected chi connectivity index (χ4v) is 2.39. The van der Waals surface area contributed by atoms with E-state index in [2.05, 4.69) is 20.8 Å². The summed E-state index contributed by atoms with van der Waals surface area (Å²) in [4.78, 5) is 14.4. The van der Waals surface area contributed by atoms with Gasteiger partial charge in [-0.3, -0.25) is 4.79 Å². The number of hydrogen-bond acceptors (Lipinski definition) is 5. The summed E-state index contributed by atoms with van der Waals surface area (Å²) in [6.07, 6.45) is 0. The van der Waals surface area contributed by atoms with Crippen molar-refractivity contribution in [2.45, 2.75) is 6.92 Å². The van der Waals surface area contributed by atoms with Gasteiger partial charge in [0.2, 0.25) is 0 Å². The molecule has 1 aliphatic rings. The number of nitrogens with one attached hydrogen (secondary N) is 2. The fraction of sp³-hybridized carbons (Fsp3) is 0.312. The number of benzene rings is 1. The van der Waals surface area contributed by atoms with Crippen molar-refractivity contribution < 1.29 is 4.79 Å². The first-order valence-corrected chi connectivity index (χ1v) is 7.40. The topological polar surface area (TPSA) is 70.2 Å². The molecular formula is C16H19N5O. The smallest absolute Gasteiger partial charge is 0.254 e. The lowest BCUT2D eigenvalue weighted by Gasteiger charge is -2.27. The van der Waals surface area contributed by atoms with E-state index in [9.17, 15) is 4.79 Å². The summed E-state index contributed by atoms with van der Waals surface area (Å²) in [5.74, 6) is 0.734. The molecule has 0 spiro atoms. The Kier molecular flexibility index (Phi) is 4.29. The number of anilines is 2. The molecule has 2 heterocycles. The van der Waals surface area contributed by atoms with Crippen LogP contribution in [0.25, 0.3) is 0 Å². The summed E-state index contributed by atoms with van der Waals surface area (Å²) in [5.41, 5.74) is 2.39. The zero-order valence-electron chi connectivity index (χ0n) is 12.5. The summed E-state index contributed by atoms with van der Waals surface area (Å²) in [6, 6.07) is 11.2. The first-order valence-electron chi connectivity index (χ1n) is 7.40. The van der Waals surface area contributed by atoms with Gasteiger partial charge in [-0.1, -0.05) is 6.07 Å². The average molecular weight is 297 g/mol. The first-order chi connectivity index (χ1) is 10.7. The van der Waals surface area contributed by atoms with Crippen LogP contribution in [0.4, 0.5) is 11.5 Å². The van der Waals surface area contributed by atoms with Gasteiger partial charge in [-0.15, -0.1) is 5.10 Å². The first kappa shape index (κ1) is 14.5. The highest BCUT2D eigenvalue weighted by molar-refractivity contribution is 5.95. The summed E-state index contributed by atoms with van der Waals surface area (Å²) in [5, 5.41) is 14.5. The Morgan fingerprint density at radius 2 is 2.00 bits per heavy atom. The lowest BCUT2D eigenvalue weighted by Crippen LogP contribution is -2.46. The van der Waals surface area contributed by atoms with Crippen LogP contribution < -0.4 is 10.6 Å². The van der Waals surface area contributed by atoms with Gasteiger partial charge in [0.15, 0.2) is 5.82 Å². The Morgan fingerprint density at radius 3 is 2.73 bits per heavy atom. The maximum Gasteiger partial charge on any atom is 0.254 e. The van der Waals surface area contributed by atoms with Crippen LogP contribution in [0.1, 0.15) is 16.1 Å². The number of nitrogens with zero attached hydrogens (tertiary/aromatic N) is 3. The minimum absolute atomic E-state index is 0.0696. The number of aromatic nitrogens is 2. The van der Waals surface area contributed by atoms with E-state index in [0.717, 1.165) is 37.6 Å². The third kappa shape index (κ3) is 3.40. The van der Waals surface area contributed by atoms with Crippen LogP contribution in [0.3, 0.4) is 0 Å². The highest BCUT2D eigenvalue weighted by Crippen LogP contribution is 2.17. The molecule has 1 aromatic heterocycles. The molecule has 6 nitrogen and oxygen atoms in total. The predicted octanol–water partition coefficient (Wildman–Crippen LogP) is 1.57. The van der Waals surface area contributed by atoms with E-state index in [1.54, 1.807) is 0 Å². The number of aryl methyl sites for hydroxylation is 1. The van der Waals surface area contributed by atoms with Crippen molar-refractivity contribution in [3.05, 3.63) is 47.7 Å². The molecule has 0 radical (unpaired) electrons. The van der Waals surface area contributed by atoms with E-state index < -0.39 is 0 Å². The Morgan fingerprint density at radius 1 is 1.18 bits per heavy atom. The maximum atomic E-state index is 12.5. The second kappa shape index (κ2) is 6.53. The van der Waals surface area contributed by atoms with Crippen LogP contribution in [0.15, 0.2) is 36.4 Å². The SMILES string of the molecule is Cc1ccc(Nc2cccc(C(=O)N3CCNCC3)c2)nn1. The van der Waals surface area contributed by atoms with Crippen LogP contribution in [-0.4, -0.2) is 47.2 Å². The third-order valence-electron chi connectivity index (χ3n) is 3.58. The quantitative estimate of drug-likeness (QED) is 0.900. The van der Waals surface area contributed by atoms with Crippen molar-refractivity contribution in [1.82, 2.24) is 20.4 Å². The number of rotatable bonds is 3. The lowest BCUT2D eigenvalue weighted by atomic mass is 10.1.